The summed E-state index contributed by atoms with van der Waals surface area (Å²) in [4.78, 5) is 15.5. The molecular weight excluding hydrogens is 242 g/mol. The number of carbonyl (C=O) groups is 1. The van der Waals surface area contributed by atoms with Crippen LogP contribution in [0.3, 0.4) is 0 Å². The zero-order valence-corrected chi connectivity index (χ0v) is 11.6. The van der Waals surface area contributed by atoms with Gasteiger partial charge in [0.15, 0.2) is 5.69 Å². The summed E-state index contributed by atoms with van der Waals surface area (Å²) < 4.78 is 1.59. The molecule has 0 aliphatic heterocycles. The molecule has 2 rings (SSSR count). The summed E-state index contributed by atoms with van der Waals surface area (Å²) in [5.74, 6) is -1.02. The fraction of sp³-hybridized carbons (Fsp3) is 0.357. The molecule has 0 fully saturated rings. The molecule has 0 bridgehead atoms. The molecule has 5 nitrogen and oxygen atoms in total. The molecule has 1 N–H and O–H groups in total. The fourth-order valence-corrected chi connectivity index (χ4v) is 2.29. The van der Waals surface area contributed by atoms with Crippen molar-refractivity contribution in [3.05, 3.63) is 34.8 Å². The molecule has 0 aliphatic rings. The standard InChI is InChI=1S/C14H17N3O2/c1-5-10-6-8(2)13(9(3)15-10)12-7-11(14(18)19)16-17(12)4/h6-7H,5H2,1-4H3,(H,18,19). The fourth-order valence-electron chi connectivity index (χ4n) is 2.29. The molecule has 2 heterocycles. The highest BCUT2D eigenvalue weighted by Gasteiger charge is 2.16. The molecule has 0 saturated carbocycles. The Kier molecular flexibility index (Phi) is 3.38. The molecule has 0 saturated heterocycles. The lowest BCUT2D eigenvalue weighted by Gasteiger charge is -2.11. The minimum Gasteiger partial charge on any atom is -0.476 e. The Morgan fingerprint density at radius 3 is 2.53 bits per heavy atom. The van der Waals surface area contributed by atoms with E-state index in [2.05, 4.69) is 17.0 Å². The lowest BCUT2D eigenvalue weighted by molar-refractivity contribution is 0.0689. The molecule has 19 heavy (non-hydrogen) atoms. The second-order valence-electron chi connectivity index (χ2n) is 4.59. The predicted octanol–water partition coefficient (Wildman–Crippen LogP) is 2.36. The molecule has 2 aromatic heterocycles. The van der Waals surface area contributed by atoms with E-state index in [4.69, 9.17) is 5.11 Å². The van der Waals surface area contributed by atoms with Gasteiger partial charge in [-0.2, -0.15) is 5.10 Å². The lowest BCUT2D eigenvalue weighted by Crippen LogP contribution is -2.02. The SMILES string of the molecule is CCc1cc(C)c(-c2cc(C(=O)O)nn2C)c(C)n1. The van der Waals surface area contributed by atoms with Gasteiger partial charge in [0, 0.05) is 24.0 Å². The minimum atomic E-state index is -1.02. The molecule has 0 spiro atoms. The van der Waals surface area contributed by atoms with E-state index >= 15 is 0 Å². The number of aromatic carboxylic acids is 1. The number of rotatable bonds is 3. The number of aromatic nitrogens is 3. The maximum Gasteiger partial charge on any atom is 0.356 e. The Morgan fingerprint density at radius 2 is 2.05 bits per heavy atom. The molecule has 0 unspecified atom stereocenters. The van der Waals surface area contributed by atoms with Crippen molar-refractivity contribution in [3.8, 4) is 11.3 Å². The second kappa shape index (κ2) is 4.84. The van der Waals surface area contributed by atoms with Crippen molar-refractivity contribution in [2.24, 2.45) is 7.05 Å². The lowest BCUT2D eigenvalue weighted by atomic mass is 10.0. The van der Waals surface area contributed by atoms with E-state index in [9.17, 15) is 4.79 Å². The Labute approximate surface area is 111 Å². The van der Waals surface area contributed by atoms with Crippen molar-refractivity contribution in [1.29, 1.82) is 0 Å². The van der Waals surface area contributed by atoms with Crippen molar-refractivity contribution in [3.63, 3.8) is 0 Å². The number of carboxylic acids is 1. The van der Waals surface area contributed by atoms with Gasteiger partial charge in [0.1, 0.15) is 0 Å². The van der Waals surface area contributed by atoms with Gasteiger partial charge >= 0.3 is 5.97 Å². The summed E-state index contributed by atoms with van der Waals surface area (Å²) >= 11 is 0. The van der Waals surface area contributed by atoms with E-state index in [1.54, 1.807) is 17.8 Å². The highest BCUT2D eigenvalue weighted by Crippen LogP contribution is 2.27. The van der Waals surface area contributed by atoms with Crippen molar-refractivity contribution in [1.82, 2.24) is 14.8 Å². The molecule has 0 aliphatic carbocycles. The van der Waals surface area contributed by atoms with Crippen LogP contribution in [0.15, 0.2) is 12.1 Å². The van der Waals surface area contributed by atoms with Crippen LogP contribution < -0.4 is 0 Å². The average Bonchev–Trinajstić information content (AvgIpc) is 2.71. The monoisotopic (exact) mass is 259 g/mol. The number of hydrogen-bond donors (Lipinski definition) is 1. The van der Waals surface area contributed by atoms with Crippen LogP contribution in [-0.2, 0) is 13.5 Å². The maximum atomic E-state index is 11.0. The largest absolute Gasteiger partial charge is 0.476 e. The minimum absolute atomic E-state index is 0.0517. The highest BCUT2D eigenvalue weighted by atomic mass is 16.4. The maximum absolute atomic E-state index is 11.0. The first-order valence-corrected chi connectivity index (χ1v) is 6.18. The number of pyridine rings is 1. The summed E-state index contributed by atoms with van der Waals surface area (Å²) in [6.07, 6.45) is 0.883. The van der Waals surface area contributed by atoms with Gasteiger partial charge in [-0.25, -0.2) is 4.79 Å². The van der Waals surface area contributed by atoms with E-state index in [0.29, 0.717) is 0 Å². The predicted molar refractivity (Wildman–Crippen MR) is 72.3 cm³/mol. The van der Waals surface area contributed by atoms with Crippen molar-refractivity contribution >= 4 is 5.97 Å². The summed E-state index contributed by atoms with van der Waals surface area (Å²) in [5, 5.41) is 13.0. The second-order valence-corrected chi connectivity index (χ2v) is 4.59. The van der Waals surface area contributed by atoms with E-state index < -0.39 is 5.97 Å². The third-order valence-corrected chi connectivity index (χ3v) is 3.17. The number of nitrogens with zero attached hydrogens (tertiary/aromatic N) is 3. The molecule has 2 aromatic rings. The van der Waals surface area contributed by atoms with Gasteiger partial charge in [-0.3, -0.25) is 9.67 Å². The van der Waals surface area contributed by atoms with Gasteiger partial charge in [-0.15, -0.1) is 0 Å². The van der Waals surface area contributed by atoms with Gasteiger partial charge in [-0.05, 0) is 38.0 Å². The smallest absolute Gasteiger partial charge is 0.356 e. The molecule has 0 amide bonds. The Hall–Kier alpha value is -2.17. The first kappa shape index (κ1) is 13.3. The summed E-state index contributed by atoms with van der Waals surface area (Å²) in [6.45, 7) is 6.01. The van der Waals surface area contributed by atoms with Crippen LogP contribution in [0.1, 0.15) is 34.4 Å². The number of hydrogen-bond acceptors (Lipinski definition) is 3. The van der Waals surface area contributed by atoms with Gasteiger partial charge in [0.25, 0.3) is 0 Å². The van der Waals surface area contributed by atoms with Crippen LogP contribution in [0.5, 0.6) is 0 Å². The Morgan fingerprint density at radius 1 is 1.37 bits per heavy atom. The van der Waals surface area contributed by atoms with E-state index in [0.717, 1.165) is 34.6 Å². The summed E-state index contributed by atoms with van der Waals surface area (Å²) in [5.41, 5.74) is 4.82. The summed E-state index contributed by atoms with van der Waals surface area (Å²) in [7, 11) is 1.74. The average molecular weight is 259 g/mol. The zero-order valence-electron chi connectivity index (χ0n) is 11.6. The van der Waals surface area contributed by atoms with Crippen LogP contribution in [0, 0.1) is 13.8 Å². The van der Waals surface area contributed by atoms with E-state index in [-0.39, 0.29) is 5.69 Å². The molecular formula is C14H17N3O2. The molecule has 0 aromatic carbocycles. The van der Waals surface area contributed by atoms with Crippen molar-refractivity contribution in [2.45, 2.75) is 27.2 Å². The van der Waals surface area contributed by atoms with Crippen LogP contribution in [-0.4, -0.2) is 25.8 Å². The quantitative estimate of drug-likeness (QED) is 0.918. The normalized spacial score (nSPS) is 10.7. The van der Waals surface area contributed by atoms with Crippen LogP contribution in [0.25, 0.3) is 11.3 Å². The van der Waals surface area contributed by atoms with Crippen LogP contribution >= 0.6 is 0 Å². The van der Waals surface area contributed by atoms with Gasteiger partial charge < -0.3 is 5.11 Å². The van der Waals surface area contributed by atoms with Crippen LogP contribution in [0.2, 0.25) is 0 Å². The van der Waals surface area contributed by atoms with Gasteiger partial charge in [-0.1, -0.05) is 6.92 Å². The Balaban J connectivity index is 2.62. The zero-order chi connectivity index (χ0) is 14.2. The molecule has 0 radical (unpaired) electrons. The van der Waals surface area contributed by atoms with Gasteiger partial charge in [0.2, 0.25) is 0 Å². The van der Waals surface area contributed by atoms with Crippen LogP contribution in [0.4, 0.5) is 0 Å². The molecule has 5 heteroatoms. The molecule has 0 atom stereocenters. The van der Waals surface area contributed by atoms with E-state index in [1.165, 1.54) is 0 Å². The third kappa shape index (κ3) is 2.36. The molecule has 100 valence electrons. The first-order valence-electron chi connectivity index (χ1n) is 6.18. The Bertz CT molecular complexity index is 621. The highest BCUT2D eigenvalue weighted by molar-refractivity contribution is 5.87. The third-order valence-electron chi connectivity index (χ3n) is 3.17. The first-order chi connectivity index (χ1) is 8.93. The summed E-state index contributed by atoms with van der Waals surface area (Å²) in [6, 6.07) is 3.63. The topological polar surface area (TPSA) is 68.0 Å². The van der Waals surface area contributed by atoms with Gasteiger partial charge in [0.05, 0.1) is 5.69 Å². The van der Waals surface area contributed by atoms with E-state index in [1.807, 2.05) is 19.9 Å². The number of aryl methyl sites for hydroxylation is 4. The van der Waals surface area contributed by atoms with Crippen molar-refractivity contribution in [2.75, 3.05) is 0 Å². The number of carboxylic acid groups (broad SMARTS) is 1. The van der Waals surface area contributed by atoms with Crippen molar-refractivity contribution < 1.29 is 9.90 Å².